The number of carbonyl (C=O) groups is 1. The second kappa shape index (κ2) is 11.0. The first-order valence-electron chi connectivity index (χ1n) is 13.7. The quantitative estimate of drug-likeness (QED) is 0.486. The fraction of sp³-hybridized carbons (Fsp3) is 0.483. The van der Waals surface area contributed by atoms with Crippen molar-refractivity contribution in [3.05, 3.63) is 53.6 Å². The molecular formula is C29H35FN4O4S. The SMILES string of the molecule is CN1CCOS(=O)NC(=O)c2ccc3c(C4CCCC[C@@H]4F)c4n(c3c2)C[C@H](Oc2ccccc2-4)N(C)CC1. The minimum absolute atomic E-state index is 0.223. The number of carbonyl (C=O) groups excluding carboxylic acids is 1. The molecule has 4 atom stereocenters. The third-order valence-corrected chi connectivity index (χ3v) is 9.06. The summed E-state index contributed by atoms with van der Waals surface area (Å²) in [4.78, 5) is 17.4. The number of aromatic nitrogens is 1. The lowest BCUT2D eigenvalue weighted by atomic mass is 9.80. The maximum atomic E-state index is 15.6. The van der Waals surface area contributed by atoms with Crippen molar-refractivity contribution in [1.82, 2.24) is 19.1 Å². The van der Waals surface area contributed by atoms with Crippen LogP contribution < -0.4 is 9.46 Å². The van der Waals surface area contributed by atoms with E-state index in [-0.39, 0.29) is 18.8 Å². The summed E-state index contributed by atoms with van der Waals surface area (Å²) in [6.45, 7) is 2.80. The van der Waals surface area contributed by atoms with Crippen molar-refractivity contribution in [1.29, 1.82) is 0 Å². The highest BCUT2D eigenvalue weighted by molar-refractivity contribution is 7.78. The Labute approximate surface area is 230 Å². The number of alkyl halides is 1. The monoisotopic (exact) mass is 554 g/mol. The van der Waals surface area contributed by atoms with Crippen LogP contribution >= 0.6 is 0 Å². The van der Waals surface area contributed by atoms with E-state index in [0.717, 1.165) is 65.8 Å². The Morgan fingerprint density at radius 1 is 1.05 bits per heavy atom. The summed E-state index contributed by atoms with van der Waals surface area (Å²) in [5, 5.41) is 0.951. The number of halogens is 1. The number of fused-ring (bicyclic) bond motifs is 4. The molecule has 1 fully saturated rings. The Balaban J connectivity index is 1.58. The normalized spacial score (nSPS) is 27.2. The molecule has 1 amide bonds. The Kier molecular flexibility index (Phi) is 7.45. The standard InChI is InChI=1S/C29H35FN4O4S/c1-32-13-14-33(2)26-18-34-24-17-19(29(35)31-39(36)37-16-15-32)11-12-21(24)27(20-7-3-5-9-23(20)30)28(34)22-8-4-6-10-25(22)38-26/h4,6,8,10-12,17,20,23,26H,3,5,7,9,13-16,18H2,1-2H3,(H,31,35)/t20?,23-,26-,39?/m0/s1. The van der Waals surface area contributed by atoms with Crippen LogP contribution in [0.5, 0.6) is 5.75 Å². The first-order chi connectivity index (χ1) is 18.9. The van der Waals surface area contributed by atoms with Crippen LogP contribution in [0.2, 0.25) is 0 Å². The number of ether oxygens (including phenoxy) is 1. The molecule has 1 N–H and O–H groups in total. The maximum Gasteiger partial charge on any atom is 0.264 e. The molecular weight excluding hydrogens is 519 g/mol. The van der Waals surface area contributed by atoms with Crippen LogP contribution in [0.4, 0.5) is 4.39 Å². The molecule has 1 aromatic heterocycles. The molecule has 1 saturated carbocycles. The molecule has 3 heterocycles. The van der Waals surface area contributed by atoms with Crippen LogP contribution in [0.15, 0.2) is 42.5 Å². The lowest BCUT2D eigenvalue weighted by molar-refractivity contribution is 0.0296. The van der Waals surface area contributed by atoms with Gasteiger partial charge in [-0.1, -0.05) is 31.0 Å². The molecule has 0 radical (unpaired) electrons. The van der Waals surface area contributed by atoms with Crippen LogP contribution in [0.25, 0.3) is 22.2 Å². The molecule has 208 valence electrons. The second-order valence-corrected chi connectivity index (χ2v) is 11.8. The zero-order valence-corrected chi connectivity index (χ0v) is 23.2. The zero-order valence-electron chi connectivity index (χ0n) is 22.4. The average molecular weight is 555 g/mol. The molecule has 3 aromatic rings. The number of hydrogen-bond acceptors (Lipinski definition) is 6. The van der Waals surface area contributed by atoms with E-state index in [9.17, 15) is 9.00 Å². The van der Waals surface area contributed by atoms with E-state index >= 15 is 4.39 Å². The fourth-order valence-electron chi connectivity index (χ4n) is 6.14. The van der Waals surface area contributed by atoms with Crippen molar-refractivity contribution in [2.24, 2.45) is 0 Å². The number of amides is 1. The molecule has 1 aliphatic carbocycles. The van der Waals surface area contributed by atoms with E-state index in [1.54, 1.807) is 6.07 Å². The molecule has 2 aliphatic heterocycles. The van der Waals surface area contributed by atoms with Crippen molar-refractivity contribution in [3.63, 3.8) is 0 Å². The van der Waals surface area contributed by atoms with Gasteiger partial charge in [0.05, 0.1) is 18.8 Å². The minimum Gasteiger partial charge on any atom is -0.473 e. The van der Waals surface area contributed by atoms with Crippen LogP contribution in [0.3, 0.4) is 0 Å². The number of nitrogens with zero attached hydrogens (tertiary/aromatic N) is 3. The van der Waals surface area contributed by atoms with Gasteiger partial charge in [-0.3, -0.25) is 13.9 Å². The summed E-state index contributed by atoms with van der Waals surface area (Å²) >= 11 is -1.95. The largest absolute Gasteiger partial charge is 0.473 e. The van der Waals surface area contributed by atoms with Crippen LogP contribution in [-0.2, 0) is 22.0 Å². The predicted octanol–water partition coefficient (Wildman–Crippen LogP) is 4.22. The van der Waals surface area contributed by atoms with E-state index in [2.05, 4.69) is 19.1 Å². The maximum absolute atomic E-state index is 15.6. The molecule has 6 rings (SSSR count). The Morgan fingerprint density at radius 3 is 2.72 bits per heavy atom. The smallest absolute Gasteiger partial charge is 0.264 e. The molecule has 0 spiro atoms. The highest BCUT2D eigenvalue weighted by atomic mass is 32.2. The number of rotatable bonds is 1. The first-order valence-corrected chi connectivity index (χ1v) is 14.8. The molecule has 2 unspecified atom stereocenters. The number of nitrogens with one attached hydrogen (secondary N) is 1. The third-order valence-electron chi connectivity index (χ3n) is 8.33. The number of para-hydroxylation sites is 1. The van der Waals surface area contributed by atoms with E-state index in [0.29, 0.717) is 25.1 Å². The molecule has 4 bridgehead atoms. The number of hydrogen-bond donors (Lipinski definition) is 1. The summed E-state index contributed by atoms with van der Waals surface area (Å²) < 4.78 is 44.7. The van der Waals surface area contributed by atoms with Crippen molar-refractivity contribution in [3.8, 4) is 17.0 Å². The second-order valence-electron chi connectivity index (χ2n) is 10.9. The van der Waals surface area contributed by atoms with Crippen molar-refractivity contribution < 1.29 is 22.3 Å². The van der Waals surface area contributed by atoms with Gasteiger partial charge in [-0.25, -0.2) is 13.3 Å². The zero-order chi connectivity index (χ0) is 27.1. The van der Waals surface area contributed by atoms with Crippen molar-refractivity contribution in [2.45, 2.75) is 50.5 Å². The van der Waals surface area contributed by atoms with Gasteiger partial charge in [0.25, 0.3) is 17.2 Å². The molecule has 2 aromatic carbocycles. The lowest BCUT2D eigenvalue weighted by Gasteiger charge is -2.30. The fourth-order valence-corrected chi connectivity index (χ4v) is 6.69. The van der Waals surface area contributed by atoms with Crippen LogP contribution in [0, 0.1) is 0 Å². The van der Waals surface area contributed by atoms with Crippen LogP contribution in [-0.4, -0.2) is 77.2 Å². The first kappa shape index (κ1) is 26.4. The van der Waals surface area contributed by atoms with Gasteiger partial charge in [0, 0.05) is 47.6 Å². The van der Waals surface area contributed by atoms with E-state index in [4.69, 9.17) is 8.92 Å². The van der Waals surface area contributed by atoms with Gasteiger partial charge in [-0.2, -0.15) is 0 Å². The summed E-state index contributed by atoms with van der Waals surface area (Å²) in [5.74, 6) is 0.0624. The van der Waals surface area contributed by atoms with E-state index < -0.39 is 23.3 Å². The van der Waals surface area contributed by atoms with E-state index in [1.165, 1.54) is 0 Å². The highest BCUT2D eigenvalue weighted by Crippen LogP contribution is 2.48. The highest BCUT2D eigenvalue weighted by Gasteiger charge is 2.36. The molecule has 10 heteroatoms. The predicted molar refractivity (Wildman–Crippen MR) is 150 cm³/mol. The minimum atomic E-state index is -1.95. The Bertz CT molecular complexity index is 1410. The van der Waals surface area contributed by atoms with Crippen molar-refractivity contribution >= 4 is 28.1 Å². The van der Waals surface area contributed by atoms with Gasteiger partial charge in [0.2, 0.25) is 0 Å². The van der Waals surface area contributed by atoms with Gasteiger partial charge < -0.3 is 14.2 Å². The summed E-state index contributed by atoms with van der Waals surface area (Å²) in [6.07, 6.45) is 2.02. The van der Waals surface area contributed by atoms with Gasteiger partial charge >= 0.3 is 0 Å². The van der Waals surface area contributed by atoms with Crippen molar-refractivity contribution in [2.75, 3.05) is 40.3 Å². The Hall–Kier alpha value is -2.79. The van der Waals surface area contributed by atoms with Gasteiger partial charge in [0.15, 0.2) is 6.23 Å². The van der Waals surface area contributed by atoms with Gasteiger partial charge in [-0.15, -0.1) is 0 Å². The van der Waals surface area contributed by atoms with Gasteiger partial charge in [0.1, 0.15) is 11.9 Å². The number of benzene rings is 2. The van der Waals surface area contributed by atoms with Crippen LogP contribution in [0.1, 0.15) is 47.5 Å². The molecule has 3 aliphatic rings. The topological polar surface area (TPSA) is 76.0 Å². The third kappa shape index (κ3) is 5.11. The summed E-state index contributed by atoms with van der Waals surface area (Å²) in [7, 11) is 4.03. The van der Waals surface area contributed by atoms with E-state index in [1.807, 2.05) is 50.5 Å². The average Bonchev–Trinajstić information content (AvgIpc) is 3.13. The number of likely N-dealkylation sites (N-methyl/N-ethyl adjacent to an activating group) is 2. The lowest BCUT2D eigenvalue weighted by Crippen LogP contribution is -2.43. The Morgan fingerprint density at radius 2 is 1.87 bits per heavy atom. The molecule has 39 heavy (non-hydrogen) atoms. The summed E-state index contributed by atoms with van der Waals surface area (Å²) in [5.41, 5.74) is 4.12. The molecule has 8 nitrogen and oxygen atoms in total. The molecule has 0 saturated heterocycles. The summed E-state index contributed by atoms with van der Waals surface area (Å²) in [6, 6.07) is 13.5. The van der Waals surface area contributed by atoms with Gasteiger partial charge in [-0.05, 0) is 56.8 Å².